The summed E-state index contributed by atoms with van der Waals surface area (Å²) in [6.45, 7) is 12.1. The number of aromatic nitrogens is 2. The largest absolute Gasteiger partial charge is 0.302 e. The highest BCUT2D eigenvalue weighted by Gasteiger charge is 2.17. The van der Waals surface area contributed by atoms with Crippen molar-refractivity contribution in [2.75, 3.05) is 19.6 Å². The molecule has 138 valence electrons. The fourth-order valence-electron chi connectivity index (χ4n) is 3.21. The van der Waals surface area contributed by atoms with Gasteiger partial charge in [0, 0.05) is 23.9 Å². The van der Waals surface area contributed by atoms with Gasteiger partial charge in [-0.1, -0.05) is 58.0 Å². The maximum Gasteiger partial charge on any atom is 0.262 e. The molecule has 0 bridgehead atoms. The third-order valence-electron chi connectivity index (χ3n) is 4.79. The van der Waals surface area contributed by atoms with Gasteiger partial charge in [0.05, 0.1) is 5.39 Å². The van der Waals surface area contributed by atoms with E-state index < -0.39 is 0 Å². The van der Waals surface area contributed by atoms with Crippen molar-refractivity contribution >= 4 is 21.6 Å². The first kappa shape index (κ1) is 18.8. The Morgan fingerprint density at radius 3 is 2.46 bits per heavy atom. The predicted octanol–water partition coefficient (Wildman–Crippen LogP) is 4.59. The average Bonchev–Trinajstić information content (AvgIpc) is 3.09. The first-order chi connectivity index (χ1) is 12.5. The topological polar surface area (TPSA) is 38.1 Å². The molecule has 5 heteroatoms. The van der Waals surface area contributed by atoms with Crippen LogP contribution in [0.15, 0.2) is 41.2 Å². The molecule has 0 saturated heterocycles. The second-order valence-corrected chi connectivity index (χ2v) is 7.83. The van der Waals surface area contributed by atoms with Gasteiger partial charge in [-0.15, -0.1) is 11.3 Å². The van der Waals surface area contributed by atoms with Crippen molar-refractivity contribution in [3.63, 3.8) is 0 Å². The Kier molecular flexibility index (Phi) is 5.89. The lowest BCUT2D eigenvalue weighted by atomic mass is 10.1. The van der Waals surface area contributed by atoms with Gasteiger partial charge in [-0.3, -0.25) is 9.36 Å². The summed E-state index contributed by atoms with van der Waals surface area (Å²) >= 11 is 1.60. The molecule has 0 amide bonds. The Balaban J connectivity index is 2.07. The molecule has 1 aromatic carbocycles. The number of likely N-dealkylation sites (N-methyl/N-ethyl adjacent to an activating group) is 1. The molecule has 2 heterocycles. The molecule has 0 aliphatic carbocycles. The van der Waals surface area contributed by atoms with E-state index in [1.165, 1.54) is 0 Å². The van der Waals surface area contributed by atoms with Gasteiger partial charge in [-0.25, -0.2) is 4.98 Å². The summed E-state index contributed by atoms with van der Waals surface area (Å²) in [6, 6.07) is 12.2. The van der Waals surface area contributed by atoms with Gasteiger partial charge in [0.25, 0.3) is 5.56 Å². The number of nitrogens with zero attached hydrogens (tertiary/aromatic N) is 3. The minimum Gasteiger partial charge on any atom is -0.302 e. The van der Waals surface area contributed by atoms with Gasteiger partial charge < -0.3 is 4.90 Å². The Hall–Kier alpha value is -1.98. The number of benzene rings is 1. The first-order valence-electron chi connectivity index (χ1n) is 9.37. The first-order valence-corrected chi connectivity index (χ1v) is 10.2. The van der Waals surface area contributed by atoms with E-state index in [9.17, 15) is 4.79 Å². The highest BCUT2D eigenvalue weighted by molar-refractivity contribution is 7.21. The molecule has 3 rings (SSSR count). The number of hydrogen-bond acceptors (Lipinski definition) is 4. The van der Waals surface area contributed by atoms with Crippen LogP contribution in [-0.2, 0) is 6.54 Å². The summed E-state index contributed by atoms with van der Waals surface area (Å²) in [6.07, 6.45) is 0. The van der Waals surface area contributed by atoms with Gasteiger partial charge >= 0.3 is 0 Å². The molecule has 3 aromatic rings. The van der Waals surface area contributed by atoms with Gasteiger partial charge in [-0.05, 0) is 24.7 Å². The van der Waals surface area contributed by atoms with Crippen LogP contribution in [0.2, 0.25) is 0 Å². The van der Waals surface area contributed by atoms with E-state index >= 15 is 0 Å². The van der Waals surface area contributed by atoms with Crippen LogP contribution in [0, 0.1) is 0 Å². The maximum absolute atomic E-state index is 13.2. The average molecular weight is 370 g/mol. The van der Waals surface area contributed by atoms with Crippen LogP contribution in [-0.4, -0.2) is 34.1 Å². The lowest BCUT2D eigenvalue weighted by molar-refractivity contribution is 0.286. The van der Waals surface area contributed by atoms with E-state index in [1.807, 2.05) is 28.8 Å². The molecule has 0 aliphatic heterocycles. The Morgan fingerprint density at radius 2 is 1.85 bits per heavy atom. The van der Waals surface area contributed by atoms with Crippen LogP contribution < -0.4 is 5.56 Å². The quantitative estimate of drug-likeness (QED) is 0.611. The van der Waals surface area contributed by atoms with Crippen molar-refractivity contribution in [1.29, 1.82) is 0 Å². The summed E-state index contributed by atoms with van der Waals surface area (Å²) in [5.41, 5.74) is 1.22. The fraction of sp³-hybridized carbons (Fsp3) is 0.429. The summed E-state index contributed by atoms with van der Waals surface area (Å²) in [5, 5.41) is 0.734. The third kappa shape index (κ3) is 3.74. The summed E-state index contributed by atoms with van der Waals surface area (Å²) < 4.78 is 1.88. The van der Waals surface area contributed by atoms with Gasteiger partial charge in [0.1, 0.15) is 10.7 Å². The van der Waals surface area contributed by atoms with Crippen LogP contribution >= 0.6 is 11.3 Å². The lowest BCUT2D eigenvalue weighted by Crippen LogP contribution is -2.33. The zero-order chi connectivity index (χ0) is 18.7. The second kappa shape index (κ2) is 8.14. The molecule has 0 fully saturated rings. The van der Waals surface area contributed by atoms with Gasteiger partial charge in [-0.2, -0.15) is 0 Å². The molecular weight excluding hydrogens is 342 g/mol. The van der Waals surface area contributed by atoms with E-state index in [0.29, 0.717) is 6.54 Å². The Bertz CT molecular complexity index is 924. The monoisotopic (exact) mass is 369 g/mol. The Labute approximate surface area is 159 Å². The SMILES string of the molecule is CCN(CC)CCn1c(C(C)C)nc2sc(-c3ccccc3)cc2c1=O. The van der Waals surface area contributed by atoms with Crippen molar-refractivity contribution in [2.24, 2.45) is 0 Å². The van der Waals surface area contributed by atoms with E-state index in [-0.39, 0.29) is 11.5 Å². The van der Waals surface area contributed by atoms with Crippen LogP contribution in [0.3, 0.4) is 0 Å². The summed E-state index contributed by atoms with van der Waals surface area (Å²) in [4.78, 5) is 22.4. The highest BCUT2D eigenvalue weighted by atomic mass is 32.1. The number of fused-ring (bicyclic) bond motifs is 1. The van der Waals surface area contributed by atoms with Crippen molar-refractivity contribution in [3.8, 4) is 10.4 Å². The van der Waals surface area contributed by atoms with Crippen LogP contribution in [0.5, 0.6) is 0 Å². The molecule has 0 radical (unpaired) electrons. The minimum absolute atomic E-state index is 0.0873. The molecule has 0 aliphatic rings. The van der Waals surface area contributed by atoms with E-state index in [4.69, 9.17) is 4.98 Å². The molecule has 0 spiro atoms. The number of rotatable bonds is 7. The standard InChI is InChI=1S/C21H27N3OS/c1-5-23(6-2)12-13-24-19(15(3)4)22-20-17(21(24)25)14-18(26-20)16-10-8-7-9-11-16/h7-11,14-15H,5-6,12-13H2,1-4H3. The van der Waals surface area contributed by atoms with Crippen LogP contribution in [0.1, 0.15) is 39.4 Å². The van der Waals surface area contributed by atoms with Crippen LogP contribution in [0.25, 0.3) is 20.7 Å². The molecular formula is C21H27N3OS. The third-order valence-corrected chi connectivity index (χ3v) is 5.87. The molecule has 4 nitrogen and oxygen atoms in total. The number of thiophene rings is 1. The van der Waals surface area contributed by atoms with E-state index in [0.717, 1.165) is 46.1 Å². The summed E-state index contributed by atoms with van der Waals surface area (Å²) in [7, 11) is 0. The molecule has 26 heavy (non-hydrogen) atoms. The smallest absolute Gasteiger partial charge is 0.262 e. The minimum atomic E-state index is 0.0873. The highest BCUT2D eigenvalue weighted by Crippen LogP contribution is 2.31. The Morgan fingerprint density at radius 1 is 1.15 bits per heavy atom. The lowest BCUT2D eigenvalue weighted by Gasteiger charge is -2.20. The normalized spacial score (nSPS) is 11.8. The van der Waals surface area contributed by atoms with Crippen molar-refractivity contribution in [3.05, 3.63) is 52.6 Å². The molecule has 0 unspecified atom stereocenters. The molecule has 2 aromatic heterocycles. The van der Waals surface area contributed by atoms with Crippen molar-refractivity contribution < 1.29 is 0 Å². The predicted molar refractivity (Wildman–Crippen MR) is 111 cm³/mol. The van der Waals surface area contributed by atoms with Crippen molar-refractivity contribution in [2.45, 2.75) is 40.2 Å². The van der Waals surface area contributed by atoms with Gasteiger partial charge in [0.15, 0.2) is 0 Å². The van der Waals surface area contributed by atoms with Crippen LogP contribution in [0.4, 0.5) is 0 Å². The molecule has 0 atom stereocenters. The molecule has 0 N–H and O–H groups in total. The van der Waals surface area contributed by atoms with E-state index in [1.54, 1.807) is 11.3 Å². The maximum atomic E-state index is 13.2. The van der Waals surface area contributed by atoms with E-state index in [2.05, 4.69) is 44.7 Å². The zero-order valence-corrected chi connectivity index (χ0v) is 16.8. The second-order valence-electron chi connectivity index (χ2n) is 6.80. The van der Waals surface area contributed by atoms with Gasteiger partial charge in [0.2, 0.25) is 0 Å². The van der Waals surface area contributed by atoms with Crippen molar-refractivity contribution in [1.82, 2.24) is 14.5 Å². The fourth-order valence-corrected chi connectivity index (χ4v) is 4.25. The molecule has 0 saturated carbocycles. The number of hydrogen-bond donors (Lipinski definition) is 0. The zero-order valence-electron chi connectivity index (χ0n) is 16.0. The summed E-state index contributed by atoms with van der Waals surface area (Å²) in [5.74, 6) is 1.10.